The Kier molecular flexibility index (Phi) is 7.76. The van der Waals surface area contributed by atoms with E-state index in [2.05, 4.69) is 22.0 Å². The van der Waals surface area contributed by atoms with Crippen molar-refractivity contribution >= 4 is 35.0 Å². The van der Waals surface area contributed by atoms with Crippen molar-refractivity contribution in [3.63, 3.8) is 0 Å². The molecular weight excluding hydrogens is 544 g/mol. The maximum atomic E-state index is 13.3. The van der Waals surface area contributed by atoms with Gasteiger partial charge in [-0.2, -0.15) is 0 Å². The third-order valence-electron chi connectivity index (χ3n) is 9.36. The number of halogens is 1. The number of benzene rings is 1. The van der Waals surface area contributed by atoms with E-state index in [4.69, 9.17) is 26.1 Å². The Morgan fingerprint density at radius 3 is 2.61 bits per heavy atom. The van der Waals surface area contributed by atoms with Crippen molar-refractivity contribution in [2.75, 3.05) is 42.6 Å². The first kappa shape index (κ1) is 28.1. The molecule has 0 spiro atoms. The third kappa shape index (κ3) is 5.84. The summed E-state index contributed by atoms with van der Waals surface area (Å²) in [6.07, 6.45) is 4.74. The first-order chi connectivity index (χ1) is 19.7. The monoisotopic (exact) mass is 582 g/mol. The molecule has 5 aliphatic rings. The minimum Gasteiger partial charge on any atom is -0.480 e. The van der Waals surface area contributed by atoms with E-state index in [0.717, 1.165) is 63.2 Å². The van der Waals surface area contributed by atoms with Gasteiger partial charge in [0.25, 0.3) is 5.91 Å². The van der Waals surface area contributed by atoms with Crippen LogP contribution in [-0.4, -0.2) is 72.5 Å². The molecule has 41 heavy (non-hydrogen) atoms. The van der Waals surface area contributed by atoms with Crippen LogP contribution in [0.3, 0.4) is 0 Å². The van der Waals surface area contributed by atoms with E-state index in [1.165, 1.54) is 0 Å². The first-order valence-corrected chi connectivity index (χ1v) is 15.2. The summed E-state index contributed by atoms with van der Waals surface area (Å²) >= 11 is 6.46. The number of hydrogen-bond donors (Lipinski definition) is 2. The lowest BCUT2D eigenvalue weighted by Crippen LogP contribution is -2.61. The number of pyridine rings is 1. The molecule has 4 bridgehead atoms. The largest absolute Gasteiger partial charge is 0.480 e. The molecule has 2 aromatic rings. The van der Waals surface area contributed by atoms with Gasteiger partial charge in [0.05, 0.1) is 17.2 Å². The highest BCUT2D eigenvalue weighted by atomic mass is 35.5. The van der Waals surface area contributed by atoms with Crippen LogP contribution in [0.2, 0.25) is 5.02 Å². The van der Waals surface area contributed by atoms with Crippen LogP contribution in [0.5, 0.6) is 5.75 Å². The molecule has 1 aromatic heterocycles. The molecule has 3 atom stereocenters. The van der Waals surface area contributed by atoms with Crippen LogP contribution in [0.1, 0.15) is 56.4 Å². The van der Waals surface area contributed by atoms with Crippen molar-refractivity contribution < 1.29 is 24.2 Å². The quantitative estimate of drug-likeness (QED) is 0.449. The molecule has 1 aliphatic heterocycles. The molecule has 0 radical (unpaired) electrons. The summed E-state index contributed by atoms with van der Waals surface area (Å²) in [5.41, 5.74) is 0.903. The number of anilines is 2. The number of hydrogen-bond acceptors (Lipinski definition) is 8. The normalized spacial score (nSPS) is 30.3. The third-order valence-corrected chi connectivity index (χ3v) is 9.65. The zero-order valence-corrected chi connectivity index (χ0v) is 24.5. The lowest BCUT2D eigenvalue weighted by atomic mass is 9.52. The minimum absolute atomic E-state index is 0.123. The molecule has 1 amide bonds. The SMILES string of the molecule is CCOC(=O)COc1ccc(N2CCN(c3cccc(C(=O)NC4C5CC6CC4CC(O)(C6)C5)n3)C(C)C2)cc1Cl. The molecule has 7 rings (SSSR count). The summed E-state index contributed by atoms with van der Waals surface area (Å²) in [6, 6.07) is 11.5. The van der Waals surface area contributed by atoms with Crippen molar-refractivity contribution in [1.29, 1.82) is 0 Å². The first-order valence-electron chi connectivity index (χ1n) is 14.8. The van der Waals surface area contributed by atoms with Gasteiger partial charge in [-0.1, -0.05) is 17.7 Å². The molecular formula is C31H39ClN4O5. The maximum Gasteiger partial charge on any atom is 0.344 e. The zero-order chi connectivity index (χ0) is 28.7. The number of aromatic nitrogens is 1. The van der Waals surface area contributed by atoms with Crippen molar-refractivity contribution in [1.82, 2.24) is 10.3 Å². The van der Waals surface area contributed by atoms with Crippen molar-refractivity contribution in [2.24, 2.45) is 17.8 Å². The summed E-state index contributed by atoms with van der Waals surface area (Å²) in [6.45, 7) is 6.28. The highest BCUT2D eigenvalue weighted by Crippen LogP contribution is 2.55. The Bertz CT molecular complexity index is 1290. The van der Waals surface area contributed by atoms with E-state index in [-0.39, 0.29) is 24.6 Å². The van der Waals surface area contributed by atoms with Gasteiger partial charge in [-0.15, -0.1) is 0 Å². The number of esters is 1. The van der Waals surface area contributed by atoms with E-state index in [1.54, 1.807) is 19.1 Å². The molecule has 4 aliphatic carbocycles. The number of carbonyl (C=O) groups excluding carboxylic acids is 2. The minimum atomic E-state index is -0.514. The lowest BCUT2D eigenvalue weighted by molar-refractivity contribution is -0.145. The van der Waals surface area contributed by atoms with Crippen LogP contribution in [0.15, 0.2) is 36.4 Å². The Labute approximate surface area is 246 Å². The second-order valence-electron chi connectivity index (χ2n) is 12.3. The van der Waals surface area contributed by atoms with Gasteiger partial charge in [0, 0.05) is 37.4 Å². The number of amides is 1. The molecule has 3 unspecified atom stereocenters. The van der Waals surface area contributed by atoms with E-state index in [0.29, 0.717) is 40.8 Å². The van der Waals surface area contributed by atoms with Crippen LogP contribution in [0, 0.1) is 17.8 Å². The van der Waals surface area contributed by atoms with Gasteiger partial charge >= 0.3 is 5.97 Å². The summed E-state index contributed by atoms with van der Waals surface area (Å²) in [4.78, 5) is 34.2. The molecule has 5 fully saturated rings. The Hall–Kier alpha value is -3.04. The average Bonchev–Trinajstić information content (AvgIpc) is 2.93. The van der Waals surface area contributed by atoms with E-state index >= 15 is 0 Å². The highest BCUT2D eigenvalue weighted by molar-refractivity contribution is 6.32. The number of aliphatic hydroxyl groups is 1. The predicted molar refractivity (Wildman–Crippen MR) is 157 cm³/mol. The predicted octanol–water partition coefficient (Wildman–Crippen LogP) is 4.06. The Morgan fingerprint density at radius 1 is 1.15 bits per heavy atom. The zero-order valence-electron chi connectivity index (χ0n) is 23.7. The molecule has 2 N–H and O–H groups in total. The van der Waals surface area contributed by atoms with Gasteiger partial charge in [-0.25, -0.2) is 9.78 Å². The Morgan fingerprint density at radius 2 is 1.93 bits per heavy atom. The topological polar surface area (TPSA) is 104 Å². The summed E-state index contributed by atoms with van der Waals surface area (Å²) in [7, 11) is 0. The number of ether oxygens (including phenoxy) is 2. The fraction of sp³-hybridized carbons (Fsp3) is 0.581. The summed E-state index contributed by atoms with van der Waals surface area (Å²) in [5, 5.41) is 14.6. The van der Waals surface area contributed by atoms with Crippen molar-refractivity contribution in [3.05, 3.63) is 47.1 Å². The van der Waals surface area contributed by atoms with E-state index in [9.17, 15) is 14.7 Å². The van der Waals surface area contributed by atoms with Crippen LogP contribution in [0.4, 0.5) is 11.5 Å². The van der Waals surface area contributed by atoms with Crippen molar-refractivity contribution in [2.45, 2.75) is 63.6 Å². The molecule has 10 heteroatoms. The number of nitrogens with zero attached hydrogens (tertiary/aromatic N) is 3. The second kappa shape index (κ2) is 11.3. The van der Waals surface area contributed by atoms with Gasteiger partial charge in [-0.05, 0) is 94.0 Å². The van der Waals surface area contributed by atoms with Crippen molar-refractivity contribution in [3.8, 4) is 5.75 Å². The van der Waals surface area contributed by atoms with Gasteiger partial charge < -0.3 is 29.7 Å². The standard InChI is InChI=1S/C31H39ClN4O5/c1-3-40-28(37)18-41-26-8-7-23(13-24(26)32)35-9-10-36(19(2)17-35)27-6-4-5-25(33-27)30(38)34-29-21-11-20-12-22(29)16-31(39,14-20)15-21/h4-8,13,19-22,29,39H,3,9-12,14-18H2,1-2H3,(H,34,38). The number of rotatable bonds is 8. The maximum absolute atomic E-state index is 13.3. The van der Waals surface area contributed by atoms with Crippen LogP contribution in [-0.2, 0) is 9.53 Å². The van der Waals surface area contributed by atoms with Gasteiger partial charge in [0.2, 0.25) is 0 Å². The summed E-state index contributed by atoms with van der Waals surface area (Å²) in [5.74, 6) is 2.01. The number of carbonyl (C=O) groups is 2. The fourth-order valence-corrected chi connectivity index (χ4v) is 8.06. The Balaban J connectivity index is 1.07. The molecule has 4 saturated carbocycles. The number of piperazine rings is 1. The average molecular weight is 583 g/mol. The van der Waals surface area contributed by atoms with Crippen LogP contribution < -0.4 is 19.9 Å². The molecule has 1 saturated heterocycles. The number of nitrogens with one attached hydrogen (secondary N) is 1. The van der Waals surface area contributed by atoms with Crippen LogP contribution >= 0.6 is 11.6 Å². The fourth-order valence-electron chi connectivity index (χ4n) is 7.83. The molecule has 2 heterocycles. The van der Waals surface area contributed by atoms with E-state index < -0.39 is 11.6 Å². The second-order valence-corrected chi connectivity index (χ2v) is 12.7. The van der Waals surface area contributed by atoms with E-state index in [1.807, 2.05) is 24.3 Å². The summed E-state index contributed by atoms with van der Waals surface area (Å²) < 4.78 is 10.4. The molecule has 9 nitrogen and oxygen atoms in total. The van der Waals surface area contributed by atoms with Gasteiger partial charge in [0.15, 0.2) is 6.61 Å². The highest BCUT2D eigenvalue weighted by Gasteiger charge is 2.55. The van der Waals surface area contributed by atoms with Crippen LogP contribution in [0.25, 0.3) is 0 Å². The van der Waals surface area contributed by atoms with Gasteiger partial charge in [-0.3, -0.25) is 4.79 Å². The van der Waals surface area contributed by atoms with Gasteiger partial charge in [0.1, 0.15) is 17.3 Å². The molecule has 220 valence electrons. The lowest BCUT2D eigenvalue weighted by Gasteiger charge is -2.58. The molecule has 1 aromatic carbocycles. The smallest absolute Gasteiger partial charge is 0.344 e.